The SMILES string of the molecule is CC1C2CNCC2CN1C(=O)c1cc(Cl)ccc1Cl. The second-order valence-electron chi connectivity index (χ2n) is 5.40. The molecule has 2 aliphatic rings. The van der Waals surface area contributed by atoms with E-state index in [2.05, 4.69) is 12.2 Å². The van der Waals surface area contributed by atoms with Crippen LogP contribution >= 0.6 is 23.2 Å². The molecule has 0 aromatic heterocycles. The Balaban J connectivity index is 1.86. The molecule has 1 N–H and O–H groups in total. The zero-order chi connectivity index (χ0) is 13.6. The fourth-order valence-electron chi connectivity index (χ4n) is 3.25. The Bertz CT molecular complexity index is 520. The smallest absolute Gasteiger partial charge is 0.255 e. The summed E-state index contributed by atoms with van der Waals surface area (Å²) in [6.45, 7) is 4.93. The minimum atomic E-state index is -0.00519. The molecule has 0 radical (unpaired) electrons. The summed E-state index contributed by atoms with van der Waals surface area (Å²) in [6, 6.07) is 5.29. The predicted molar refractivity (Wildman–Crippen MR) is 76.8 cm³/mol. The Hall–Kier alpha value is -0.770. The Morgan fingerprint density at radius 3 is 2.89 bits per heavy atom. The van der Waals surface area contributed by atoms with Crippen molar-refractivity contribution in [3.05, 3.63) is 33.8 Å². The minimum absolute atomic E-state index is 0.00519. The molecule has 3 nitrogen and oxygen atoms in total. The van der Waals surface area contributed by atoms with Crippen molar-refractivity contribution in [2.24, 2.45) is 11.8 Å². The molecular formula is C14H16Cl2N2O. The predicted octanol–water partition coefficient (Wildman–Crippen LogP) is 2.67. The van der Waals surface area contributed by atoms with Crippen LogP contribution < -0.4 is 5.32 Å². The maximum absolute atomic E-state index is 12.6. The van der Waals surface area contributed by atoms with Crippen LogP contribution in [0.4, 0.5) is 0 Å². The van der Waals surface area contributed by atoms with Crippen LogP contribution in [0.5, 0.6) is 0 Å². The quantitative estimate of drug-likeness (QED) is 0.864. The van der Waals surface area contributed by atoms with Crippen LogP contribution in [0.15, 0.2) is 18.2 Å². The molecule has 5 heteroatoms. The number of nitrogens with one attached hydrogen (secondary N) is 1. The molecule has 0 spiro atoms. The van der Waals surface area contributed by atoms with Crippen molar-refractivity contribution >= 4 is 29.1 Å². The number of likely N-dealkylation sites (tertiary alicyclic amines) is 1. The molecule has 1 aromatic rings. The second kappa shape index (κ2) is 4.97. The lowest BCUT2D eigenvalue weighted by Crippen LogP contribution is -2.38. The summed E-state index contributed by atoms with van der Waals surface area (Å²) < 4.78 is 0. The van der Waals surface area contributed by atoms with Gasteiger partial charge in [0.15, 0.2) is 0 Å². The molecule has 2 saturated heterocycles. The summed E-state index contributed by atoms with van der Waals surface area (Å²) in [5, 5.41) is 4.40. The topological polar surface area (TPSA) is 32.3 Å². The van der Waals surface area contributed by atoms with E-state index in [1.54, 1.807) is 18.2 Å². The van der Waals surface area contributed by atoms with Crippen LogP contribution in [0.25, 0.3) is 0 Å². The molecule has 102 valence electrons. The number of rotatable bonds is 1. The Kier molecular flexibility index (Phi) is 3.46. The molecule has 3 rings (SSSR count). The van der Waals surface area contributed by atoms with Crippen LogP contribution in [0, 0.1) is 11.8 Å². The van der Waals surface area contributed by atoms with Gasteiger partial charge in [0.1, 0.15) is 0 Å². The highest BCUT2D eigenvalue weighted by atomic mass is 35.5. The molecule has 2 heterocycles. The first-order valence-electron chi connectivity index (χ1n) is 6.54. The maximum Gasteiger partial charge on any atom is 0.255 e. The zero-order valence-electron chi connectivity index (χ0n) is 10.7. The number of halogens is 2. The fourth-order valence-corrected chi connectivity index (χ4v) is 3.62. The van der Waals surface area contributed by atoms with Gasteiger partial charge in [-0.1, -0.05) is 23.2 Å². The van der Waals surface area contributed by atoms with Crippen molar-refractivity contribution in [3.8, 4) is 0 Å². The molecule has 0 bridgehead atoms. The third-order valence-electron chi connectivity index (χ3n) is 4.35. The van der Waals surface area contributed by atoms with Gasteiger partial charge in [0.2, 0.25) is 0 Å². The third kappa shape index (κ3) is 2.24. The number of fused-ring (bicyclic) bond motifs is 1. The second-order valence-corrected chi connectivity index (χ2v) is 6.25. The molecule has 2 fully saturated rings. The fraction of sp³-hybridized carbons (Fsp3) is 0.500. The van der Waals surface area contributed by atoms with E-state index in [1.165, 1.54) is 0 Å². The summed E-state index contributed by atoms with van der Waals surface area (Å²) >= 11 is 12.1. The monoisotopic (exact) mass is 298 g/mol. The van der Waals surface area contributed by atoms with Crippen LogP contribution in [0.1, 0.15) is 17.3 Å². The Morgan fingerprint density at radius 2 is 2.16 bits per heavy atom. The van der Waals surface area contributed by atoms with E-state index in [4.69, 9.17) is 23.2 Å². The molecule has 1 aromatic carbocycles. The van der Waals surface area contributed by atoms with Gasteiger partial charge in [-0.05, 0) is 37.0 Å². The van der Waals surface area contributed by atoms with E-state index in [9.17, 15) is 4.79 Å². The summed E-state index contributed by atoms with van der Waals surface area (Å²) in [6.07, 6.45) is 0. The first kappa shape index (κ1) is 13.2. The first-order chi connectivity index (χ1) is 9.08. The average Bonchev–Trinajstić information content (AvgIpc) is 2.95. The number of amides is 1. The number of nitrogens with zero attached hydrogens (tertiary/aromatic N) is 1. The van der Waals surface area contributed by atoms with Gasteiger partial charge in [-0.3, -0.25) is 4.79 Å². The third-order valence-corrected chi connectivity index (χ3v) is 4.92. The summed E-state index contributed by atoms with van der Waals surface area (Å²) in [5.74, 6) is 1.12. The van der Waals surface area contributed by atoms with Gasteiger partial charge in [-0.2, -0.15) is 0 Å². The molecule has 19 heavy (non-hydrogen) atoms. The number of carbonyl (C=O) groups excluding carboxylic acids is 1. The standard InChI is InChI=1S/C14H16Cl2N2O/c1-8-12-6-17-5-9(12)7-18(8)14(19)11-4-10(15)2-3-13(11)16/h2-4,8-9,12,17H,5-7H2,1H3. The molecule has 0 saturated carbocycles. The molecule has 1 amide bonds. The van der Waals surface area contributed by atoms with Gasteiger partial charge < -0.3 is 10.2 Å². The molecular weight excluding hydrogens is 283 g/mol. The zero-order valence-corrected chi connectivity index (χ0v) is 12.2. The molecule has 3 atom stereocenters. The molecule has 3 unspecified atom stereocenters. The Morgan fingerprint density at radius 1 is 1.37 bits per heavy atom. The lowest BCUT2D eigenvalue weighted by Gasteiger charge is -2.25. The summed E-state index contributed by atoms with van der Waals surface area (Å²) in [4.78, 5) is 14.6. The van der Waals surface area contributed by atoms with Crippen LogP contribution in [-0.4, -0.2) is 36.5 Å². The lowest BCUT2D eigenvalue weighted by molar-refractivity contribution is 0.0728. The van der Waals surface area contributed by atoms with Gasteiger partial charge >= 0.3 is 0 Å². The number of carbonyl (C=O) groups is 1. The van der Waals surface area contributed by atoms with Gasteiger partial charge in [0.25, 0.3) is 5.91 Å². The van der Waals surface area contributed by atoms with Gasteiger partial charge in [0, 0.05) is 30.7 Å². The average molecular weight is 299 g/mol. The molecule has 0 aliphatic carbocycles. The highest BCUT2D eigenvalue weighted by Crippen LogP contribution is 2.34. The largest absolute Gasteiger partial charge is 0.335 e. The number of hydrogen-bond acceptors (Lipinski definition) is 2. The lowest BCUT2D eigenvalue weighted by atomic mass is 9.95. The van der Waals surface area contributed by atoms with Gasteiger partial charge in [-0.15, -0.1) is 0 Å². The highest BCUT2D eigenvalue weighted by molar-refractivity contribution is 6.35. The van der Waals surface area contributed by atoms with Crippen LogP contribution in [0.2, 0.25) is 10.0 Å². The number of benzene rings is 1. The summed E-state index contributed by atoms with van der Waals surface area (Å²) in [7, 11) is 0. The normalized spacial score (nSPS) is 29.6. The van der Waals surface area contributed by atoms with Crippen molar-refractivity contribution in [3.63, 3.8) is 0 Å². The van der Waals surface area contributed by atoms with E-state index < -0.39 is 0 Å². The van der Waals surface area contributed by atoms with Crippen molar-refractivity contribution in [2.75, 3.05) is 19.6 Å². The van der Waals surface area contributed by atoms with Crippen molar-refractivity contribution in [1.82, 2.24) is 10.2 Å². The summed E-state index contributed by atoms with van der Waals surface area (Å²) in [5.41, 5.74) is 0.508. The van der Waals surface area contributed by atoms with Crippen molar-refractivity contribution < 1.29 is 4.79 Å². The van der Waals surface area contributed by atoms with Crippen molar-refractivity contribution in [2.45, 2.75) is 13.0 Å². The molecule has 2 aliphatic heterocycles. The first-order valence-corrected chi connectivity index (χ1v) is 7.30. The highest BCUT2D eigenvalue weighted by Gasteiger charge is 2.44. The minimum Gasteiger partial charge on any atom is -0.335 e. The van der Waals surface area contributed by atoms with Crippen molar-refractivity contribution in [1.29, 1.82) is 0 Å². The van der Waals surface area contributed by atoms with E-state index in [0.717, 1.165) is 19.6 Å². The van der Waals surface area contributed by atoms with Gasteiger partial charge in [0.05, 0.1) is 10.6 Å². The van der Waals surface area contributed by atoms with E-state index in [-0.39, 0.29) is 11.9 Å². The van der Waals surface area contributed by atoms with E-state index >= 15 is 0 Å². The number of hydrogen-bond donors (Lipinski definition) is 1. The van der Waals surface area contributed by atoms with E-state index in [0.29, 0.717) is 27.4 Å². The Labute approximate surface area is 122 Å². The van der Waals surface area contributed by atoms with E-state index in [1.807, 2.05) is 4.90 Å². The van der Waals surface area contributed by atoms with Gasteiger partial charge in [-0.25, -0.2) is 0 Å². The van der Waals surface area contributed by atoms with Crippen LogP contribution in [-0.2, 0) is 0 Å². The maximum atomic E-state index is 12.6. The van der Waals surface area contributed by atoms with Crippen LogP contribution in [0.3, 0.4) is 0 Å².